The first-order valence-electron chi connectivity index (χ1n) is 4.79. The summed E-state index contributed by atoms with van der Waals surface area (Å²) in [6.07, 6.45) is 0.598. The number of hydrogen-bond acceptors (Lipinski definition) is 5. The maximum Gasteiger partial charge on any atom is 0.220 e. The molecule has 1 aliphatic rings. The lowest BCUT2D eigenvalue weighted by Gasteiger charge is -2.02. The molecule has 0 spiro atoms. The van der Waals surface area contributed by atoms with Crippen LogP contribution in [-0.4, -0.2) is 30.0 Å². The molecule has 0 radical (unpaired) electrons. The smallest absolute Gasteiger partial charge is 0.220 e. The molecule has 5 nitrogen and oxygen atoms in total. The van der Waals surface area contributed by atoms with Gasteiger partial charge in [0.2, 0.25) is 5.89 Å². The van der Waals surface area contributed by atoms with Gasteiger partial charge in [-0.2, -0.15) is 0 Å². The molecule has 1 aliphatic heterocycles. The summed E-state index contributed by atoms with van der Waals surface area (Å²) in [5, 5.41) is 8.85. The number of sulfone groups is 1. The van der Waals surface area contributed by atoms with Crippen molar-refractivity contribution in [2.45, 2.75) is 25.9 Å². The van der Waals surface area contributed by atoms with E-state index in [1.807, 2.05) is 0 Å². The number of rotatable bonds is 2. The van der Waals surface area contributed by atoms with Crippen LogP contribution in [0.15, 0.2) is 4.42 Å². The first kappa shape index (κ1) is 10.6. The van der Waals surface area contributed by atoms with E-state index in [2.05, 4.69) is 4.98 Å². The molecule has 0 saturated carbocycles. The van der Waals surface area contributed by atoms with Gasteiger partial charge in [0.25, 0.3) is 0 Å². The molecule has 0 bridgehead atoms. The van der Waals surface area contributed by atoms with E-state index in [1.165, 1.54) is 0 Å². The van der Waals surface area contributed by atoms with Crippen molar-refractivity contribution < 1.29 is 17.9 Å². The van der Waals surface area contributed by atoms with E-state index in [4.69, 9.17) is 9.52 Å². The Morgan fingerprint density at radius 3 is 2.80 bits per heavy atom. The minimum Gasteiger partial charge on any atom is -0.443 e. The van der Waals surface area contributed by atoms with Gasteiger partial charge in [-0.15, -0.1) is 0 Å². The monoisotopic (exact) mass is 231 g/mol. The van der Waals surface area contributed by atoms with Crippen molar-refractivity contribution in [1.29, 1.82) is 0 Å². The van der Waals surface area contributed by atoms with Crippen LogP contribution in [0, 0.1) is 6.92 Å². The zero-order valence-electron chi connectivity index (χ0n) is 8.43. The van der Waals surface area contributed by atoms with Crippen LogP contribution in [-0.2, 0) is 16.4 Å². The molecular weight excluding hydrogens is 218 g/mol. The summed E-state index contributed by atoms with van der Waals surface area (Å²) in [5.74, 6) is 1.16. The van der Waals surface area contributed by atoms with Crippen LogP contribution in [0.1, 0.15) is 29.7 Å². The van der Waals surface area contributed by atoms with Gasteiger partial charge < -0.3 is 9.52 Å². The van der Waals surface area contributed by atoms with Gasteiger partial charge >= 0.3 is 0 Å². The molecule has 1 atom stereocenters. The van der Waals surface area contributed by atoms with Gasteiger partial charge in [-0.05, 0) is 13.3 Å². The molecule has 15 heavy (non-hydrogen) atoms. The second-order valence-electron chi connectivity index (χ2n) is 3.81. The molecule has 84 valence electrons. The molecule has 2 heterocycles. The first-order valence-corrected chi connectivity index (χ1v) is 6.61. The number of aryl methyl sites for hydroxylation is 1. The van der Waals surface area contributed by atoms with Gasteiger partial charge in [0.1, 0.15) is 12.4 Å². The zero-order valence-corrected chi connectivity index (χ0v) is 9.25. The lowest BCUT2D eigenvalue weighted by molar-refractivity contribution is 0.238. The quantitative estimate of drug-likeness (QED) is 0.795. The Bertz CT molecular complexity index is 462. The highest BCUT2D eigenvalue weighted by atomic mass is 32.2. The van der Waals surface area contributed by atoms with Gasteiger partial charge in [-0.1, -0.05) is 0 Å². The number of oxazole rings is 1. The van der Waals surface area contributed by atoms with Gasteiger partial charge in [0.15, 0.2) is 9.84 Å². The fourth-order valence-corrected chi connectivity index (χ4v) is 3.67. The number of aliphatic hydroxyl groups is 1. The molecule has 0 amide bonds. The molecule has 1 aromatic heterocycles. The fourth-order valence-electron chi connectivity index (χ4n) is 1.92. The third-order valence-corrected chi connectivity index (χ3v) is 4.40. The summed E-state index contributed by atoms with van der Waals surface area (Å²) in [7, 11) is -2.90. The van der Waals surface area contributed by atoms with Crippen LogP contribution in [0.2, 0.25) is 0 Å². The van der Waals surface area contributed by atoms with Gasteiger partial charge in [0.05, 0.1) is 17.2 Å². The summed E-state index contributed by atoms with van der Waals surface area (Å²) < 4.78 is 27.8. The van der Waals surface area contributed by atoms with Crippen molar-refractivity contribution in [3.8, 4) is 0 Å². The Morgan fingerprint density at radius 2 is 2.33 bits per heavy atom. The minimum absolute atomic E-state index is 0.0703. The van der Waals surface area contributed by atoms with Gasteiger partial charge in [-0.25, -0.2) is 13.4 Å². The Balaban J connectivity index is 2.27. The molecule has 1 fully saturated rings. The van der Waals surface area contributed by atoms with Crippen LogP contribution in [0.4, 0.5) is 0 Å². The van der Waals surface area contributed by atoms with Gasteiger partial charge in [-0.3, -0.25) is 0 Å². The van der Waals surface area contributed by atoms with Crippen molar-refractivity contribution in [2.75, 3.05) is 11.5 Å². The molecule has 1 aromatic rings. The summed E-state index contributed by atoms with van der Waals surface area (Å²) in [6, 6.07) is 0. The Labute approximate surface area is 88.0 Å². The predicted octanol–water partition coefficient (Wildman–Crippen LogP) is 0.377. The van der Waals surface area contributed by atoms with Crippen molar-refractivity contribution >= 4 is 9.84 Å². The van der Waals surface area contributed by atoms with E-state index in [1.54, 1.807) is 6.92 Å². The SMILES string of the molecule is Cc1oc(CO)nc1C1CCS(=O)(=O)C1. The summed E-state index contributed by atoms with van der Waals surface area (Å²) in [4.78, 5) is 4.09. The second kappa shape index (κ2) is 3.61. The zero-order chi connectivity index (χ0) is 11.1. The highest BCUT2D eigenvalue weighted by molar-refractivity contribution is 7.91. The molecule has 0 aromatic carbocycles. The second-order valence-corrected chi connectivity index (χ2v) is 6.04. The number of hydrogen-bond donors (Lipinski definition) is 1. The van der Waals surface area contributed by atoms with E-state index >= 15 is 0 Å². The average molecular weight is 231 g/mol. The lowest BCUT2D eigenvalue weighted by Crippen LogP contribution is -2.05. The minimum atomic E-state index is -2.90. The molecular formula is C9H13NO4S. The number of aromatic nitrogens is 1. The predicted molar refractivity (Wildman–Crippen MR) is 53.2 cm³/mol. The maximum atomic E-state index is 11.3. The molecule has 0 aliphatic carbocycles. The normalized spacial score (nSPS) is 24.5. The summed E-state index contributed by atoms with van der Waals surface area (Å²) in [6.45, 7) is 1.49. The average Bonchev–Trinajstić information content (AvgIpc) is 2.69. The van der Waals surface area contributed by atoms with E-state index in [9.17, 15) is 8.42 Å². The standard InChI is InChI=1S/C9H13NO4S/c1-6-9(10-8(4-11)14-6)7-2-3-15(12,13)5-7/h7,11H,2-5H2,1H3. The summed E-state index contributed by atoms with van der Waals surface area (Å²) in [5.41, 5.74) is 0.681. The van der Waals surface area contributed by atoms with Gasteiger partial charge in [0, 0.05) is 5.92 Å². The molecule has 1 unspecified atom stereocenters. The number of aliphatic hydroxyl groups excluding tert-OH is 1. The fraction of sp³-hybridized carbons (Fsp3) is 0.667. The highest BCUT2D eigenvalue weighted by Gasteiger charge is 2.32. The van der Waals surface area contributed by atoms with E-state index < -0.39 is 9.84 Å². The van der Waals surface area contributed by atoms with Crippen LogP contribution in [0.25, 0.3) is 0 Å². The van der Waals surface area contributed by atoms with Crippen LogP contribution >= 0.6 is 0 Å². The van der Waals surface area contributed by atoms with Crippen molar-refractivity contribution in [1.82, 2.24) is 4.98 Å². The maximum absolute atomic E-state index is 11.3. The highest BCUT2D eigenvalue weighted by Crippen LogP contribution is 2.30. The van der Waals surface area contributed by atoms with Crippen LogP contribution in [0.5, 0.6) is 0 Å². The van der Waals surface area contributed by atoms with E-state index in [0.717, 1.165) is 0 Å². The summed E-state index contributed by atoms with van der Waals surface area (Å²) >= 11 is 0. The van der Waals surface area contributed by atoms with Crippen molar-refractivity contribution in [2.24, 2.45) is 0 Å². The number of nitrogens with zero attached hydrogens (tertiary/aromatic N) is 1. The Morgan fingerprint density at radius 1 is 1.60 bits per heavy atom. The van der Waals surface area contributed by atoms with Crippen molar-refractivity contribution in [3.63, 3.8) is 0 Å². The van der Waals surface area contributed by atoms with E-state index in [0.29, 0.717) is 17.9 Å². The topological polar surface area (TPSA) is 80.4 Å². The Kier molecular flexibility index (Phi) is 2.56. The first-order chi connectivity index (χ1) is 7.02. The van der Waals surface area contributed by atoms with E-state index in [-0.39, 0.29) is 29.9 Å². The third-order valence-electron chi connectivity index (χ3n) is 2.63. The molecule has 1 N–H and O–H groups in total. The Hall–Kier alpha value is -0.880. The lowest BCUT2D eigenvalue weighted by atomic mass is 10.0. The molecule has 1 saturated heterocycles. The third kappa shape index (κ3) is 2.05. The molecule has 6 heteroatoms. The van der Waals surface area contributed by atoms with Crippen molar-refractivity contribution in [3.05, 3.63) is 17.3 Å². The van der Waals surface area contributed by atoms with Crippen LogP contribution < -0.4 is 0 Å². The largest absolute Gasteiger partial charge is 0.443 e. The molecule has 2 rings (SSSR count). The van der Waals surface area contributed by atoms with Crippen LogP contribution in [0.3, 0.4) is 0 Å².